The van der Waals surface area contributed by atoms with Crippen LogP contribution < -0.4 is 0 Å². The van der Waals surface area contributed by atoms with Gasteiger partial charge in [0.15, 0.2) is 0 Å². The first-order valence-corrected chi connectivity index (χ1v) is 6.45. The zero-order valence-corrected chi connectivity index (χ0v) is 11.0. The second-order valence-electron chi connectivity index (χ2n) is 4.82. The smallest absolute Gasteiger partial charge is 0.123 e. The number of nitrogens with zero attached hydrogens (tertiary/aromatic N) is 1. The number of para-hydroxylation sites is 1. The number of hydrogen-bond acceptors (Lipinski definition) is 2. The second kappa shape index (κ2) is 5.02. The fraction of sp³-hybridized carbons (Fsp3) is 0.118. The summed E-state index contributed by atoms with van der Waals surface area (Å²) in [5, 5.41) is 11.5. The molecule has 0 aliphatic heterocycles. The number of hydrogen-bond donors (Lipinski definition) is 1. The molecule has 20 heavy (non-hydrogen) atoms. The van der Waals surface area contributed by atoms with Crippen LogP contribution in [0.5, 0.6) is 0 Å². The van der Waals surface area contributed by atoms with E-state index in [1.54, 1.807) is 12.1 Å². The van der Waals surface area contributed by atoms with Crippen molar-refractivity contribution < 1.29 is 9.50 Å². The summed E-state index contributed by atoms with van der Waals surface area (Å²) in [5.74, 6) is -0.309. The van der Waals surface area contributed by atoms with Crippen molar-refractivity contribution in [3.63, 3.8) is 0 Å². The van der Waals surface area contributed by atoms with Gasteiger partial charge in [-0.15, -0.1) is 0 Å². The molecule has 0 bridgehead atoms. The number of halogens is 1. The molecular formula is C17H14FNO. The first kappa shape index (κ1) is 12.8. The predicted molar refractivity (Wildman–Crippen MR) is 76.9 cm³/mol. The van der Waals surface area contributed by atoms with Gasteiger partial charge in [-0.25, -0.2) is 4.39 Å². The van der Waals surface area contributed by atoms with E-state index < -0.39 is 6.10 Å². The van der Waals surface area contributed by atoms with Gasteiger partial charge in [-0.3, -0.25) is 4.98 Å². The molecule has 100 valence electrons. The lowest BCUT2D eigenvalue weighted by Crippen LogP contribution is -2.02. The van der Waals surface area contributed by atoms with Gasteiger partial charge < -0.3 is 5.11 Å². The van der Waals surface area contributed by atoms with Crippen molar-refractivity contribution in [2.75, 3.05) is 0 Å². The molecular weight excluding hydrogens is 253 g/mol. The van der Waals surface area contributed by atoms with Crippen LogP contribution in [0, 0.1) is 12.7 Å². The molecule has 1 N–H and O–H groups in total. The van der Waals surface area contributed by atoms with E-state index in [2.05, 4.69) is 4.98 Å². The van der Waals surface area contributed by atoms with Gasteiger partial charge >= 0.3 is 0 Å². The van der Waals surface area contributed by atoms with Gasteiger partial charge in [-0.2, -0.15) is 0 Å². The molecule has 3 aromatic rings. The molecule has 1 atom stereocenters. The maximum atomic E-state index is 13.0. The van der Waals surface area contributed by atoms with Crippen LogP contribution in [0.25, 0.3) is 10.9 Å². The molecule has 0 saturated heterocycles. The monoisotopic (exact) mass is 267 g/mol. The molecule has 0 aliphatic rings. The zero-order valence-electron chi connectivity index (χ0n) is 11.0. The fourth-order valence-electron chi connectivity index (χ4n) is 2.39. The zero-order chi connectivity index (χ0) is 14.1. The number of aromatic nitrogens is 1. The van der Waals surface area contributed by atoms with E-state index in [9.17, 15) is 9.50 Å². The van der Waals surface area contributed by atoms with Crippen LogP contribution in [-0.2, 0) is 0 Å². The fourth-order valence-corrected chi connectivity index (χ4v) is 2.39. The lowest BCUT2D eigenvalue weighted by Gasteiger charge is -2.15. The highest BCUT2D eigenvalue weighted by molar-refractivity contribution is 5.83. The van der Waals surface area contributed by atoms with E-state index in [0.29, 0.717) is 5.56 Å². The molecule has 0 radical (unpaired) electrons. The van der Waals surface area contributed by atoms with Gasteiger partial charge in [0.25, 0.3) is 0 Å². The minimum atomic E-state index is -0.790. The Hall–Kier alpha value is -2.26. The van der Waals surface area contributed by atoms with Crippen molar-refractivity contribution in [2.45, 2.75) is 13.0 Å². The Bertz CT molecular complexity index is 753. The van der Waals surface area contributed by atoms with Crippen molar-refractivity contribution in [1.82, 2.24) is 4.98 Å². The molecule has 1 unspecified atom stereocenters. The Balaban J connectivity index is 2.15. The van der Waals surface area contributed by atoms with Gasteiger partial charge in [0.1, 0.15) is 11.9 Å². The number of fused-ring (bicyclic) bond motifs is 1. The first-order chi connectivity index (χ1) is 9.65. The molecule has 1 aromatic heterocycles. The molecule has 0 amide bonds. The minimum absolute atomic E-state index is 0.309. The Morgan fingerprint density at radius 1 is 1.05 bits per heavy atom. The average molecular weight is 267 g/mol. The number of pyridine rings is 1. The molecule has 1 heterocycles. The lowest BCUT2D eigenvalue weighted by atomic mass is 9.97. The highest BCUT2D eigenvalue weighted by Crippen LogP contribution is 2.28. The van der Waals surface area contributed by atoms with E-state index in [4.69, 9.17) is 0 Å². The van der Waals surface area contributed by atoms with Gasteiger partial charge in [0.05, 0.1) is 5.52 Å². The van der Waals surface area contributed by atoms with Crippen LogP contribution in [0.15, 0.2) is 54.6 Å². The van der Waals surface area contributed by atoms with E-state index in [1.807, 2.05) is 37.3 Å². The molecule has 3 rings (SSSR count). The molecule has 0 spiro atoms. The molecule has 0 saturated carbocycles. The van der Waals surface area contributed by atoms with Crippen molar-refractivity contribution in [3.05, 3.63) is 77.2 Å². The van der Waals surface area contributed by atoms with Crippen molar-refractivity contribution >= 4 is 10.9 Å². The van der Waals surface area contributed by atoms with E-state index >= 15 is 0 Å². The number of aryl methyl sites for hydroxylation is 1. The third kappa shape index (κ3) is 2.28. The minimum Gasteiger partial charge on any atom is -0.384 e. The SMILES string of the molecule is Cc1cc(C(O)c2ccc(F)cc2)c2ccccc2n1. The molecule has 0 aliphatic carbocycles. The number of rotatable bonds is 2. The molecule has 2 nitrogen and oxygen atoms in total. The van der Waals surface area contributed by atoms with Gasteiger partial charge in [0, 0.05) is 11.1 Å². The highest BCUT2D eigenvalue weighted by atomic mass is 19.1. The Morgan fingerprint density at radius 3 is 2.50 bits per heavy atom. The number of aliphatic hydroxyl groups is 1. The van der Waals surface area contributed by atoms with E-state index in [0.717, 1.165) is 22.2 Å². The van der Waals surface area contributed by atoms with Crippen LogP contribution >= 0.6 is 0 Å². The topological polar surface area (TPSA) is 33.1 Å². The molecule has 2 aromatic carbocycles. The van der Waals surface area contributed by atoms with Crippen LogP contribution in [0.2, 0.25) is 0 Å². The van der Waals surface area contributed by atoms with Gasteiger partial charge in [-0.1, -0.05) is 30.3 Å². The third-order valence-electron chi connectivity index (χ3n) is 3.36. The molecule has 0 fully saturated rings. The summed E-state index contributed by atoms with van der Waals surface area (Å²) in [6.07, 6.45) is -0.790. The van der Waals surface area contributed by atoms with Crippen LogP contribution in [0.3, 0.4) is 0 Å². The summed E-state index contributed by atoms with van der Waals surface area (Å²) in [6, 6.07) is 15.5. The lowest BCUT2D eigenvalue weighted by molar-refractivity contribution is 0.221. The summed E-state index contributed by atoms with van der Waals surface area (Å²) in [5.41, 5.74) is 3.16. The number of benzene rings is 2. The van der Waals surface area contributed by atoms with Crippen LogP contribution in [0.4, 0.5) is 4.39 Å². The standard InChI is InChI=1S/C17H14FNO/c1-11-10-15(14-4-2-3-5-16(14)19-11)17(20)12-6-8-13(18)9-7-12/h2-10,17,20H,1H3. The Labute approximate surface area is 116 Å². The molecule has 3 heteroatoms. The summed E-state index contributed by atoms with van der Waals surface area (Å²) in [6.45, 7) is 1.90. The largest absolute Gasteiger partial charge is 0.384 e. The van der Waals surface area contributed by atoms with Crippen molar-refractivity contribution in [2.24, 2.45) is 0 Å². The van der Waals surface area contributed by atoms with Crippen molar-refractivity contribution in [1.29, 1.82) is 0 Å². The third-order valence-corrected chi connectivity index (χ3v) is 3.36. The van der Waals surface area contributed by atoms with Gasteiger partial charge in [0.2, 0.25) is 0 Å². The highest BCUT2D eigenvalue weighted by Gasteiger charge is 2.14. The predicted octanol–water partition coefficient (Wildman–Crippen LogP) is 3.76. The van der Waals surface area contributed by atoms with Crippen LogP contribution in [0.1, 0.15) is 22.9 Å². The summed E-state index contributed by atoms with van der Waals surface area (Å²) >= 11 is 0. The Kier molecular flexibility index (Phi) is 3.20. The van der Waals surface area contributed by atoms with Gasteiger partial charge in [-0.05, 0) is 42.3 Å². The average Bonchev–Trinajstić information content (AvgIpc) is 2.46. The normalized spacial score (nSPS) is 12.6. The summed E-state index contributed by atoms with van der Waals surface area (Å²) < 4.78 is 13.0. The van der Waals surface area contributed by atoms with E-state index in [-0.39, 0.29) is 5.82 Å². The summed E-state index contributed by atoms with van der Waals surface area (Å²) in [7, 11) is 0. The van der Waals surface area contributed by atoms with Crippen LogP contribution in [-0.4, -0.2) is 10.1 Å². The maximum Gasteiger partial charge on any atom is 0.123 e. The van der Waals surface area contributed by atoms with E-state index in [1.165, 1.54) is 12.1 Å². The number of aliphatic hydroxyl groups excluding tert-OH is 1. The summed E-state index contributed by atoms with van der Waals surface area (Å²) in [4.78, 5) is 4.46. The first-order valence-electron chi connectivity index (χ1n) is 6.45. The quantitative estimate of drug-likeness (QED) is 0.766. The maximum absolute atomic E-state index is 13.0. The second-order valence-corrected chi connectivity index (χ2v) is 4.82. The Morgan fingerprint density at radius 2 is 1.75 bits per heavy atom. The van der Waals surface area contributed by atoms with Crippen molar-refractivity contribution in [3.8, 4) is 0 Å².